The Hall–Kier alpha value is -1.20. The van der Waals surface area contributed by atoms with E-state index in [9.17, 15) is 4.79 Å². The first-order valence-electron chi connectivity index (χ1n) is 4.95. The summed E-state index contributed by atoms with van der Waals surface area (Å²) in [6, 6.07) is 3.71. The zero-order valence-electron chi connectivity index (χ0n) is 8.89. The Bertz CT molecular complexity index is 322. The van der Waals surface area contributed by atoms with Gasteiger partial charge in [-0.2, -0.15) is 0 Å². The monoisotopic (exact) mass is 241 g/mol. The predicted octanol–water partition coefficient (Wildman–Crippen LogP) is 1.18. The lowest BCUT2D eigenvalue weighted by Gasteiger charge is -2.01. The van der Waals surface area contributed by atoms with Crippen LogP contribution in [0.25, 0.3) is 0 Å². The maximum absolute atomic E-state index is 11.3. The number of carbonyl (C=O) groups excluding carboxylic acids is 1. The van der Waals surface area contributed by atoms with E-state index in [2.05, 4.69) is 5.32 Å². The van der Waals surface area contributed by atoms with Gasteiger partial charge in [0, 0.05) is 6.54 Å². The first-order valence-corrected chi connectivity index (χ1v) is 6.11. The van der Waals surface area contributed by atoms with Crippen molar-refractivity contribution in [2.24, 2.45) is 0 Å². The smallest absolute Gasteiger partial charge is 0.230 e. The van der Waals surface area contributed by atoms with Gasteiger partial charge in [-0.1, -0.05) is 12.2 Å². The number of nitrogens with one attached hydrogen (secondary N) is 1. The number of hydrogen-bond acceptors (Lipinski definition) is 4. The fourth-order valence-electron chi connectivity index (χ4n) is 1.02. The molecule has 0 bridgehead atoms. The van der Waals surface area contributed by atoms with E-state index in [1.165, 1.54) is 11.8 Å². The van der Waals surface area contributed by atoms with E-state index >= 15 is 0 Å². The summed E-state index contributed by atoms with van der Waals surface area (Å²) in [5.41, 5.74) is 0. The number of thioether (sulfide) groups is 1. The maximum atomic E-state index is 11.3. The van der Waals surface area contributed by atoms with E-state index in [0.29, 0.717) is 18.1 Å². The van der Waals surface area contributed by atoms with E-state index in [1.54, 1.807) is 18.4 Å². The Morgan fingerprint density at radius 3 is 3.12 bits per heavy atom. The average molecular weight is 241 g/mol. The Kier molecular flexibility index (Phi) is 6.44. The van der Waals surface area contributed by atoms with Crippen LogP contribution in [0, 0.1) is 0 Å². The van der Waals surface area contributed by atoms with Crippen molar-refractivity contribution in [1.29, 1.82) is 0 Å². The summed E-state index contributed by atoms with van der Waals surface area (Å²) in [5.74, 6) is 1.97. The number of aliphatic hydroxyl groups is 1. The van der Waals surface area contributed by atoms with E-state index in [-0.39, 0.29) is 12.5 Å². The van der Waals surface area contributed by atoms with Gasteiger partial charge in [0.2, 0.25) is 5.91 Å². The zero-order valence-corrected chi connectivity index (χ0v) is 9.70. The van der Waals surface area contributed by atoms with E-state index in [1.807, 2.05) is 12.1 Å². The number of hydrogen-bond donors (Lipinski definition) is 2. The van der Waals surface area contributed by atoms with Gasteiger partial charge < -0.3 is 14.8 Å². The Morgan fingerprint density at radius 2 is 2.44 bits per heavy atom. The molecular weight excluding hydrogens is 226 g/mol. The molecule has 88 valence electrons. The minimum absolute atomic E-state index is 0.00309. The molecule has 1 heterocycles. The van der Waals surface area contributed by atoms with Gasteiger partial charge in [-0.25, -0.2) is 0 Å². The van der Waals surface area contributed by atoms with Crippen LogP contribution < -0.4 is 5.32 Å². The van der Waals surface area contributed by atoms with Crippen LogP contribution in [0.4, 0.5) is 0 Å². The highest BCUT2D eigenvalue weighted by atomic mass is 32.2. The molecule has 4 nitrogen and oxygen atoms in total. The Labute approximate surface area is 98.7 Å². The third kappa shape index (κ3) is 5.63. The van der Waals surface area contributed by atoms with Crippen molar-refractivity contribution in [3.05, 3.63) is 36.3 Å². The van der Waals surface area contributed by atoms with Crippen LogP contribution >= 0.6 is 11.8 Å². The van der Waals surface area contributed by atoms with Gasteiger partial charge >= 0.3 is 0 Å². The summed E-state index contributed by atoms with van der Waals surface area (Å²) in [5, 5.41) is 11.2. The molecule has 0 radical (unpaired) electrons. The molecule has 2 N–H and O–H groups in total. The molecule has 0 aliphatic carbocycles. The molecule has 1 aromatic heterocycles. The fourth-order valence-corrected chi connectivity index (χ4v) is 1.78. The quantitative estimate of drug-likeness (QED) is 0.704. The molecular formula is C11H15NO3S. The average Bonchev–Trinajstić information content (AvgIpc) is 2.77. The first kappa shape index (κ1) is 12.9. The summed E-state index contributed by atoms with van der Waals surface area (Å²) in [7, 11) is 0. The second-order valence-corrected chi connectivity index (χ2v) is 4.02. The van der Waals surface area contributed by atoms with Crippen molar-refractivity contribution in [1.82, 2.24) is 5.32 Å². The SMILES string of the molecule is O=C(CSCc1ccco1)NCC=CCO. The van der Waals surface area contributed by atoms with Crippen LogP contribution in [-0.2, 0) is 10.5 Å². The summed E-state index contributed by atoms with van der Waals surface area (Å²) in [6.45, 7) is 0.462. The molecule has 0 atom stereocenters. The van der Waals surface area contributed by atoms with Crippen molar-refractivity contribution in [3.8, 4) is 0 Å². The summed E-state index contributed by atoms with van der Waals surface area (Å²) < 4.78 is 5.14. The molecule has 0 aromatic carbocycles. The fraction of sp³-hybridized carbons (Fsp3) is 0.364. The van der Waals surface area contributed by atoms with Crippen molar-refractivity contribution >= 4 is 17.7 Å². The predicted molar refractivity (Wildman–Crippen MR) is 64.1 cm³/mol. The molecule has 0 saturated carbocycles. The lowest BCUT2D eigenvalue weighted by atomic mass is 10.5. The zero-order chi connectivity index (χ0) is 11.6. The van der Waals surface area contributed by atoms with E-state index in [0.717, 1.165) is 5.76 Å². The number of carbonyl (C=O) groups is 1. The minimum atomic E-state index is -0.0147. The van der Waals surface area contributed by atoms with Gasteiger partial charge in [0.1, 0.15) is 5.76 Å². The molecule has 5 heteroatoms. The van der Waals surface area contributed by atoms with E-state index in [4.69, 9.17) is 9.52 Å². The summed E-state index contributed by atoms with van der Waals surface area (Å²) in [6.07, 6.45) is 4.93. The molecule has 0 fully saturated rings. The molecule has 1 rings (SSSR count). The molecule has 1 aromatic rings. The van der Waals surface area contributed by atoms with Gasteiger partial charge in [-0.3, -0.25) is 4.79 Å². The number of furan rings is 1. The second kappa shape index (κ2) is 8.01. The Morgan fingerprint density at radius 1 is 1.56 bits per heavy atom. The van der Waals surface area contributed by atoms with Crippen LogP contribution in [0.15, 0.2) is 35.0 Å². The highest BCUT2D eigenvalue weighted by molar-refractivity contribution is 7.99. The lowest BCUT2D eigenvalue weighted by molar-refractivity contribution is -0.118. The van der Waals surface area contributed by atoms with Gasteiger partial charge in [-0.05, 0) is 12.1 Å². The van der Waals surface area contributed by atoms with Crippen LogP contribution in [0.5, 0.6) is 0 Å². The van der Waals surface area contributed by atoms with Crippen LogP contribution in [0.2, 0.25) is 0 Å². The third-order valence-electron chi connectivity index (χ3n) is 1.75. The van der Waals surface area contributed by atoms with Crippen molar-refractivity contribution in [2.45, 2.75) is 5.75 Å². The number of aliphatic hydroxyl groups excluding tert-OH is 1. The van der Waals surface area contributed by atoms with Crippen molar-refractivity contribution < 1.29 is 14.3 Å². The molecule has 0 saturated heterocycles. The summed E-state index contributed by atoms with van der Waals surface area (Å²) >= 11 is 1.50. The van der Waals surface area contributed by atoms with Crippen LogP contribution in [0.1, 0.15) is 5.76 Å². The van der Waals surface area contributed by atoms with Crippen molar-refractivity contribution in [2.75, 3.05) is 18.9 Å². The number of amides is 1. The second-order valence-electron chi connectivity index (χ2n) is 3.03. The topological polar surface area (TPSA) is 62.5 Å². The summed E-state index contributed by atoms with van der Waals surface area (Å²) in [4.78, 5) is 11.3. The molecule has 0 aliphatic rings. The molecule has 0 spiro atoms. The highest BCUT2D eigenvalue weighted by Gasteiger charge is 2.01. The van der Waals surface area contributed by atoms with E-state index < -0.39 is 0 Å². The van der Waals surface area contributed by atoms with Gasteiger partial charge in [0.15, 0.2) is 0 Å². The normalized spacial score (nSPS) is 10.8. The number of rotatable bonds is 7. The van der Waals surface area contributed by atoms with Gasteiger partial charge in [0.05, 0.1) is 24.4 Å². The standard InChI is InChI=1S/C11H15NO3S/c13-6-2-1-5-12-11(14)9-16-8-10-4-3-7-15-10/h1-4,7,13H,5-6,8-9H2,(H,12,14). The first-order chi connectivity index (χ1) is 7.83. The minimum Gasteiger partial charge on any atom is -0.468 e. The molecule has 0 unspecified atom stereocenters. The van der Waals surface area contributed by atoms with Gasteiger partial charge in [-0.15, -0.1) is 11.8 Å². The molecule has 0 aliphatic heterocycles. The van der Waals surface area contributed by atoms with Crippen LogP contribution in [-0.4, -0.2) is 29.9 Å². The highest BCUT2D eigenvalue weighted by Crippen LogP contribution is 2.11. The lowest BCUT2D eigenvalue weighted by Crippen LogP contribution is -2.25. The molecule has 1 amide bonds. The van der Waals surface area contributed by atoms with Crippen LogP contribution in [0.3, 0.4) is 0 Å². The molecule has 16 heavy (non-hydrogen) atoms. The Balaban J connectivity index is 2.04. The van der Waals surface area contributed by atoms with Crippen molar-refractivity contribution in [3.63, 3.8) is 0 Å². The third-order valence-corrected chi connectivity index (χ3v) is 2.70. The largest absolute Gasteiger partial charge is 0.468 e. The van der Waals surface area contributed by atoms with Gasteiger partial charge in [0.25, 0.3) is 0 Å². The maximum Gasteiger partial charge on any atom is 0.230 e.